The highest BCUT2D eigenvalue weighted by Crippen LogP contribution is 2.27. The lowest BCUT2D eigenvalue weighted by Crippen LogP contribution is -2.43. The molecule has 2 heterocycles. The van der Waals surface area contributed by atoms with Gasteiger partial charge >= 0.3 is 0 Å². The van der Waals surface area contributed by atoms with Crippen molar-refractivity contribution in [3.8, 4) is 0 Å². The van der Waals surface area contributed by atoms with Crippen molar-refractivity contribution in [3.63, 3.8) is 0 Å². The fourth-order valence-electron chi connectivity index (χ4n) is 3.54. The van der Waals surface area contributed by atoms with Crippen LogP contribution < -0.4 is 10.2 Å². The van der Waals surface area contributed by atoms with Gasteiger partial charge in [-0.1, -0.05) is 30.3 Å². The van der Waals surface area contributed by atoms with Crippen molar-refractivity contribution in [1.29, 1.82) is 0 Å². The molecule has 0 radical (unpaired) electrons. The van der Waals surface area contributed by atoms with E-state index in [1.807, 2.05) is 25.1 Å². The van der Waals surface area contributed by atoms with E-state index < -0.39 is 0 Å². The number of aromatic nitrogens is 1. The van der Waals surface area contributed by atoms with E-state index in [1.54, 1.807) is 11.3 Å². The Balaban J connectivity index is 1.50. The average Bonchev–Trinajstić information content (AvgIpc) is 3.40. The third-order valence-electron chi connectivity index (χ3n) is 5.06. The number of amides is 1. The molecule has 5 nitrogen and oxygen atoms in total. The summed E-state index contributed by atoms with van der Waals surface area (Å²) in [4.78, 5) is 22.3. The molecule has 1 saturated heterocycles. The normalized spacial score (nSPS) is 19.8. The van der Waals surface area contributed by atoms with Gasteiger partial charge in [0.05, 0.1) is 5.69 Å². The first kappa shape index (κ1) is 17.5. The van der Waals surface area contributed by atoms with Gasteiger partial charge in [0.25, 0.3) is 0 Å². The summed E-state index contributed by atoms with van der Waals surface area (Å²) in [6, 6.07) is 10.4. The molecular formula is C20H26N4OS. The van der Waals surface area contributed by atoms with Gasteiger partial charge in [-0.25, -0.2) is 4.98 Å². The molecule has 1 aromatic heterocycles. The summed E-state index contributed by atoms with van der Waals surface area (Å²) in [5.41, 5.74) is 2.17. The zero-order valence-electron chi connectivity index (χ0n) is 15.2. The Labute approximate surface area is 159 Å². The second-order valence-electron chi connectivity index (χ2n) is 7.24. The predicted octanol–water partition coefficient (Wildman–Crippen LogP) is 2.98. The molecule has 1 saturated carbocycles. The smallest absolute Gasteiger partial charge is 0.242 e. The largest absolute Gasteiger partial charge is 0.352 e. The van der Waals surface area contributed by atoms with Crippen molar-refractivity contribution in [2.24, 2.45) is 0 Å². The second-order valence-corrected chi connectivity index (χ2v) is 8.08. The van der Waals surface area contributed by atoms with Crippen molar-refractivity contribution in [3.05, 3.63) is 47.0 Å². The van der Waals surface area contributed by atoms with E-state index in [4.69, 9.17) is 0 Å². The fourth-order valence-corrected chi connectivity index (χ4v) is 4.40. The first-order valence-corrected chi connectivity index (χ1v) is 10.3. The number of hydrogen-bond acceptors (Lipinski definition) is 5. The number of benzene rings is 1. The third-order valence-corrected chi connectivity index (χ3v) is 6.08. The van der Waals surface area contributed by atoms with Crippen LogP contribution in [0.4, 0.5) is 5.13 Å². The fraction of sp³-hybridized carbons (Fsp3) is 0.500. The molecule has 1 unspecified atom stereocenters. The molecule has 1 atom stereocenters. The van der Waals surface area contributed by atoms with Crippen molar-refractivity contribution < 1.29 is 4.79 Å². The number of anilines is 1. The zero-order valence-corrected chi connectivity index (χ0v) is 16.0. The van der Waals surface area contributed by atoms with Crippen LogP contribution in [-0.2, 0) is 4.79 Å². The Morgan fingerprint density at radius 1 is 1.19 bits per heavy atom. The molecule has 1 aliphatic carbocycles. The van der Waals surface area contributed by atoms with Gasteiger partial charge in [-0.15, -0.1) is 11.3 Å². The van der Waals surface area contributed by atoms with E-state index in [-0.39, 0.29) is 11.9 Å². The number of carbonyl (C=O) groups is 1. The molecular weight excluding hydrogens is 344 g/mol. The van der Waals surface area contributed by atoms with Gasteiger partial charge in [0.15, 0.2) is 5.13 Å². The van der Waals surface area contributed by atoms with Crippen LogP contribution in [0.3, 0.4) is 0 Å². The minimum absolute atomic E-state index is 0.150. The number of hydrogen-bond donors (Lipinski definition) is 1. The number of nitrogens with one attached hydrogen (secondary N) is 1. The maximum atomic E-state index is 13.0. The van der Waals surface area contributed by atoms with Crippen LogP contribution in [0.15, 0.2) is 35.7 Å². The minimum Gasteiger partial charge on any atom is -0.352 e. The molecule has 2 fully saturated rings. The van der Waals surface area contributed by atoms with Crippen LogP contribution in [0.5, 0.6) is 0 Å². The Morgan fingerprint density at radius 3 is 2.69 bits per heavy atom. The van der Waals surface area contributed by atoms with E-state index in [1.165, 1.54) is 0 Å². The Morgan fingerprint density at radius 2 is 2.00 bits per heavy atom. The number of aryl methyl sites for hydroxylation is 1. The molecule has 1 aromatic carbocycles. The molecule has 0 bridgehead atoms. The third kappa shape index (κ3) is 4.07. The average molecular weight is 371 g/mol. The summed E-state index contributed by atoms with van der Waals surface area (Å²) >= 11 is 1.71. The van der Waals surface area contributed by atoms with Gasteiger partial charge in [-0.05, 0) is 31.7 Å². The molecule has 2 aliphatic rings. The maximum absolute atomic E-state index is 13.0. The van der Waals surface area contributed by atoms with Crippen molar-refractivity contribution in [2.45, 2.75) is 38.3 Å². The first-order chi connectivity index (χ1) is 12.7. The summed E-state index contributed by atoms with van der Waals surface area (Å²) < 4.78 is 0. The number of thiazole rings is 1. The van der Waals surface area contributed by atoms with Crippen LogP contribution in [-0.4, -0.2) is 48.0 Å². The minimum atomic E-state index is -0.199. The standard InChI is InChI=1S/C20H26N4OS/c1-15-14-26-20(21-15)24-11-5-10-23(12-13-24)18(16-6-3-2-4-7-16)19(25)22-17-8-9-17/h2-4,6-7,14,17-18H,5,8-13H2,1H3,(H,22,25). The highest BCUT2D eigenvalue weighted by molar-refractivity contribution is 7.13. The van der Waals surface area contributed by atoms with Crippen LogP contribution in [0.2, 0.25) is 0 Å². The lowest BCUT2D eigenvalue weighted by Gasteiger charge is -2.30. The van der Waals surface area contributed by atoms with E-state index >= 15 is 0 Å². The topological polar surface area (TPSA) is 48.5 Å². The predicted molar refractivity (Wildman–Crippen MR) is 106 cm³/mol. The van der Waals surface area contributed by atoms with Crippen LogP contribution in [0, 0.1) is 6.92 Å². The maximum Gasteiger partial charge on any atom is 0.242 e. The Hall–Kier alpha value is -1.92. The molecule has 2 aromatic rings. The van der Waals surface area contributed by atoms with Crippen LogP contribution in [0.1, 0.15) is 36.6 Å². The van der Waals surface area contributed by atoms with Gasteiger partial charge in [0, 0.05) is 37.6 Å². The highest BCUT2D eigenvalue weighted by atomic mass is 32.1. The van der Waals surface area contributed by atoms with E-state index in [9.17, 15) is 4.79 Å². The molecule has 6 heteroatoms. The van der Waals surface area contributed by atoms with Gasteiger partial charge in [0.2, 0.25) is 5.91 Å². The zero-order chi connectivity index (χ0) is 17.9. The molecule has 1 aliphatic heterocycles. The summed E-state index contributed by atoms with van der Waals surface area (Å²) in [6.07, 6.45) is 3.27. The van der Waals surface area contributed by atoms with Crippen LogP contribution in [0.25, 0.3) is 0 Å². The second kappa shape index (κ2) is 7.76. The molecule has 0 spiro atoms. The Bertz CT molecular complexity index is 743. The lowest BCUT2D eigenvalue weighted by molar-refractivity contribution is -0.126. The number of rotatable bonds is 5. The lowest BCUT2D eigenvalue weighted by atomic mass is 10.0. The first-order valence-electron chi connectivity index (χ1n) is 9.47. The molecule has 1 N–H and O–H groups in total. The molecule has 138 valence electrons. The summed E-state index contributed by atoms with van der Waals surface area (Å²) in [5, 5.41) is 6.42. The highest BCUT2D eigenvalue weighted by Gasteiger charge is 2.33. The Kier molecular flexibility index (Phi) is 5.22. The molecule has 1 amide bonds. The number of nitrogens with zero attached hydrogens (tertiary/aromatic N) is 3. The quantitative estimate of drug-likeness (QED) is 0.879. The summed E-state index contributed by atoms with van der Waals surface area (Å²) in [5.74, 6) is 0.150. The van der Waals surface area contributed by atoms with Gasteiger partial charge in [0.1, 0.15) is 6.04 Å². The van der Waals surface area contributed by atoms with Crippen molar-refractivity contribution in [1.82, 2.24) is 15.2 Å². The molecule has 26 heavy (non-hydrogen) atoms. The van der Waals surface area contributed by atoms with Crippen molar-refractivity contribution >= 4 is 22.4 Å². The van der Waals surface area contributed by atoms with Gasteiger partial charge in [-0.3, -0.25) is 9.69 Å². The van der Waals surface area contributed by atoms with Crippen molar-refractivity contribution in [2.75, 3.05) is 31.1 Å². The van der Waals surface area contributed by atoms with E-state index in [2.05, 4.69) is 37.6 Å². The van der Waals surface area contributed by atoms with Gasteiger partial charge in [-0.2, -0.15) is 0 Å². The van der Waals surface area contributed by atoms with E-state index in [0.717, 1.165) is 61.8 Å². The monoisotopic (exact) mass is 370 g/mol. The molecule has 4 rings (SSSR count). The number of carbonyl (C=O) groups excluding carboxylic acids is 1. The van der Waals surface area contributed by atoms with Gasteiger partial charge < -0.3 is 10.2 Å². The summed E-state index contributed by atoms with van der Waals surface area (Å²) in [6.45, 7) is 5.74. The van der Waals surface area contributed by atoms with Crippen LogP contribution >= 0.6 is 11.3 Å². The van der Waals surface area contributed by atoms with E-state index in [0.29, 0.717) is 6.04 Å². The summed E-state index contributed by atoms with van der Waals surface area (Å²) in [7, 11) is 0. The SMILES string of the molecule is Cc1csc(N2CCCN(C(C(=O)NC3CC3)c3ccccc3)CC2)n1.